The second kappa shape index (κ2) is 32.3. The van der Waals surface area contributed by atoms with Gasteiger partial charge in [-0.2, -0.15) is 0 Å². The molecule has 0 radical (unpaired) electrons. The minimum atomic E-state index is -0.745. The Kier molecular flexibility index (Phi) is 37.0. The lowest BCUT2D eigenvalue weighted by molar-refractivity contribution is -0.143. The van der Waals surface area contributed by atoms with E-state index in [2.05, 4.69) is 0 Å². The molecule has 9 nitrogen and oxygen atoms in total. The maximum absolute atomic E-state index is 10.5. The van der Waals surface area contributed by atoms with Crippen LogP contribution in [0.3, 0.4) is 0 Å². The minimum absolute atomic E-state index is 0.0677. The molecule has 0 saturated carbocycles. The van der Waals surface area contributed by atoms with Gasteiger partial charge in [-0.3, -0.25) is 14.4 Å². The molecule has 0 aliphatic carbocycles. The molecule has 9 heteroatoms. The summed E-state index contributed by atoms with van der Waals surface area (Å²) in [7, 11) is 0. The predicted octanol–water partition coefficient (Wildman–Crippen LogP) is 5.58. The molecular formula is C28H58O9. The predicted molar refractivity (Wildman–Crippen MR) is 148 cm³/mol. The standard InChI is InChI=1S/3C8H16O2.C4H10O3/c3*1-3-5-7(6-4-2)8(9)10;5-2-1-4(7)3-6/h3*7H,3-6H2,1-2H3,(H,9,10);4-7H,1-3H2. The molecule has 0 spiro atoms. The van der Waals surface area contributed by atoms with Crippen molar-refractivity contribution in [3.63, 3.8) is 0 Å². The molecule has 0 bridgehead atoms. The number of aliphatic hydroxyl groups excluding tert-OH is 3. The molecule has 0 aromatic heterocycles. The zero-order valence-corrected chi connectivity index (χ0v) is 24.3. The summed E-state index contributed by atoms with van der Waals surface area (Å²) in [6.07, 6.45) is 10.3. The molecule has 224 valence electrons. The Morgan fingerprint density at radius 1 is 0.486 bits per heavy atom. The van der Waals surface area contributed by atoms with Gasteiger partial charge in [-0.1, -0.05) is 80.1 Å². The summed E-state index contributed by atoms with van der Waals surface area (Å²) < 4.78 is 0. The van der Waals surface area contributed by atoms with Crippen LogP contribution in [0.25, 0.3) is 0 Å². The van der Waals surface area contributed by atoms with Crippen molar-refractivity contribution in [3.8, 4) is 0 Å². The third-order valence-corrected chi connectivity index (χ3v) is 5.54. The highest BCUT2D eigenvalue weighted by atomic mass is 16.4. The second-order valence-corrected chi connectivity index (χ2v) is 9.19. The maximum atomic E-state index is 10.5. The fourth-order valence-electron chi connectivity index (χ4n) is 3.50. The smallest absolute Gasteiger partial charge is 0.306 e. The molecule has 0 saturated heterocycles. The Bertz CT molecular complexity index is 432. The highest BCUT2D eigenvalue weighted by Gasteiger charge is 2.15. The number of carboxylic acids is 3. The minimum Gasteiger partial charge on any atom is -0.481 e. The van der Waals surface area contributed by atoms with E-state index in [-0.39, 0.29) is 37.4 Å². The molecule has 37 heavy (non-hydrogen) atoms. The van der Waals surface area contributed by atoms with Crippen molar-refractivity contribution in [1.82, 2.24) is 0 Å². The summed E-state index contributed by atoms with van der Waals surface area (Å²) in [5.41, 5.74) is 0. The molecule has 6 N–H and O–H groups in total. The van der Waals surface area contributed by atoms with Crippen LogP contribution >= 0.6 is 0 Å². The van der Waals surface area contributed by atoms with Gasteiger partial charge in [-0.15, -0.1) is 0 Å². The van der Waals surface area contributed by atoms with Gasteiger partial charge < -0.3 is 30.6 Å². The van der Waals surface area contributed by atoms with Gasteiger partial charge in [0.05, 0.1) is 30.5 Å². The van der Waals surface area contributed by atoms with Crippen molar-refractivity contribution in [2.24, 2.45) is 17.8 Å². The SMILES string of the molecule is CCCC(CCC)C(=O)O.CCCC(CCC)C(=O)O.CCCC(CCC)C(=O)O.OCCC(O)CO. The Morgan fingerprint density at radius 3 is 0.784 bits per heavy atom. The Hall–Kier alpha value is -1.71. The van der Waals surface area contributed by atoms with Crippen LogP contribution in [0.4, 0.5) is 0 Å². The van der Waals surface area contributed by atoms with E-state index < -0.39 is 24.0 Å². The number of carboxylic acid groups (broad SMARTS) is 3. The van der Waals surface area contributed by atoms with E-state index >= 15 is 0 Å². The van der Waals surface area contributed by atoms with Gasteiger partial charge in [0.2, 0.25) is 0 Å². The molecule has 0 aromatic rings. The fraction of sp³-hybridized carbons (Fsp3) is 0.893. The Morgan fingerprint density at radius 2 is 0.703 bits per heavy atom. The Labute approximate surface area is 225 Å². The number of carbonyl (C=O) groups is 3. The van der Waals surface area contributed by atoms with E-state index in [1.807, 2.05) is 41.5 Å². The molecule has 0 rings (SSSR count). The summed E-state index contributed by atoms with van der Waals surface area (Å²) >= 11 is 0. The lowest BCUT2D eigenvalue weighted by Gasteiger charge is -2.07. The molecule has 0 fully saturated rings. The molecule has 1 atom stereocenters. The number of aliphatic hydroxyl groups is 3. The van der Waals surface area contributed by atoms with Gasteiger partial charge in [0.1, 0.15) is 0 Å². The topological polar surface area (TPSA) is 173 Å². The second-order valence-electron chi connectivity index (χ2n) is 9.19. The Balaban J connectivity index is -0.000000198. The zero-order valence-electron chi connectivity index (χ0n) is 24.3. The fourth-order valence-corrected chi connectivity index (χ4v) is 3.50. The average Bonchev–Trinajstić information content (AvgIpc) is 2.84. The van der Waals surface area contributed by atoms with Gasteiger partial charge >= 0.3 is 17.9 Å². The van der Waals surface area contributed by atoms with Crippen LogP contribution in [-0.2, 0) is 14.4 Å². The van der Waals surface area contributed by atoms with Crippen LogP contribution in [0.2, 0.25) is 0 Å². The molecule has 0 aliphatic heterocycles. The third-order valence-electron chi connectivity index (χ3n) is 5.54. The largest absolute Gasteiger partial charge is 0.481 e. The monoisotopic (exact) mass is 538 g/mol. The number of aliphatic carboxylic acids is 3. The first-order valence-electron chi connectivity index (χ1n) is 14.0. The quantitative estimate of drug-likeness (QED) is 0.130. The lowest BCUT2D eigenvalue weighted by Crippen LogP contribution is -2.12. The van der Waals surface area contributed by atoms with Gasteiger partial charge in [0.15, 0.2) is 0 Å². The van der Waals surface area contributed by atoms with Crippen molar-refractivity contribution in [2.75, 3.05) is 13.2 Å². The zero-order chi connectivity index (χ0) is 29.6. The van der Waals surface area contributed by atoms with E-state index in [1.54, 1.807) is 0 Å². The molecule has 0 aliphatic rings. The van der Waals surface area contributed by atoms with Crippen LogP contribution in [0, 0.1) is 17.8 Å². The van der Waals surface area contributed by atoms with Crippen LogP contribution in [-0.4, -0.2) is 67.9 Å². The van der Waals surface area contributed by atoms with Crippen LogP contribution < -0.4 is 0 Å². The number of hydrogen-bond acceptors (Lipinski definition) is 6. The van der Waals surface area contributed by atoms with Gasteiger partial charge in [-0.05, 0) is 44.9 Å². The molecule has 1 unspecified atom stereocenters. The van der Waals surface area contributed by atoms with Crippen molar-refractivity contribution in [3.05, 3.63) is 0 Å². The number of hydrogen-bond donors (Lipinski definition) is 6. The molecule has 0 amide bonds. The maximum Gasteiger partial charge on any atom is 0.306 e. The first-order chi connectivity index (χ1) is 17.5. The van der Waals surface area contributed by atoms with E-state index in [0.717, 1.165) is 77.0 Å². The van der Waals surface area contributed by atoms with E-state index in [9.17, 15) is 14.4 Å². The van der Waals surface area contributed by atoms with Crippen molar-refractivity contribution in [1.29, 1.82) is 0 Å². The van der Waals surface area contributed by atoms with E-state index in [0.29, 0.717) is 0 Å². The summed E-state index contributed by atoms with van der Waals surface area (Å²) in [5.74, 6) is -2.21. The van der Waals surface area contributed by atoms with Crippen molar-refractivity contribution < 1.29 is 45.0 Å². The highest BCUT2D eigenvalue weighted by molar-refractivity contribution is 5.70. The average molecular weight is 539 g/mol. The van der Waals surface area contributed by atoms with Crippen molar-refractivity contribution in [2.45, 2.75) is 131 Å². The summed E-state index contributed by atoms with van der Waals surface area (Å²) in [4.78, 5) is 31.4. The van der Waals surface area contributed by atoms with Crippen LogP contribution in [0.15, 0.2) is 0 Å². The molecular weight excluding hydrogens is 480 g/mol. The highest BCUT2D eigenvalue weighted by Crippen LogP contribution is 2.14. The molecule has 0 aromatic carbocycles. The third kappa shape index (κ3) is 32.3. The summed E-state index contributed by atoms with van der Waals surface area (Å²) in [6, 6.07) is 0. The van der Waals surface area contributed by atoms with Gasteiger partial charge in [0.25, 0.3) is 0 Å². The first kappa shape index (κ1) is 42.4. The lowest BCUT2D eigenvalue weighted by atomic mass is 9.99. The van der Waals surface area contributed by atoms with Gasteiger partial charge in [-0.25, -0.2) is 0 Å². The normalized spacial score (nSPS) is 11.0. The summed E-state index contributed by atoms with van der Waals surface area (Å²) in [6.45, 7) is 11.8. The van der Waals surface area contributed by atoms with E-state index in [4.69, 9.17) is 30.6 Å². The number of rotatable bonds is 18. The summed E-state index contributed by atoms with van der Waals surface area (Å²) in [5, 5.41) is 50.6. The van der Waals surface area contributed by atoms with E-state index in [1.165, 1.54) is 0 Å². The van der Waals surface area contributed by atoms with Crippen LogP contribution in [0.1, 0.15) is 125 Å². The van der Waals surface area contributed by atoms with Crippen LogP contribution in [0.5, 0.6) is 0 Å². The molecule has 0 heterocycles. The van der Waals surface area contributed by atoms with Crippen molar-refractivity contribution >= 4 is 17.9 Å². The van der Waals surface area contributed by atoms with Gasteiger partial charge in [0, 0.05) is 6.61 Å². The first-order valence-corrected chi connectivity index (χ1v) is 14.0.